The van der Waals surface area contributed by atoms with Gasteiger partial charge in [-0.1, -0.05) is 72.4 Å². The van der Waals surface area contributed by atoms with Gasteiger partial charge in [0.2, 0.25) is 0 Å². The minimum absolute atomic E-state index is 0.566. The summed E-state index contributed by atoms with van der Waals surface area (Å²) in [6.45, 7) is 7.74. The molecule has 0 spiro atoms. The average molecular weight is 383 g/mol. The number of benzene rings is 1. The molecule has 1 fully saturated rings. The SMILES string of the molecule is CC(C)[C@@H](C)NCc1ccc(/C=C2/CCC(I)C2)cc1. The lowest BCUT2D eigenvalue weighted by molar-refractivity contribution is 0.426. The minimum atomic E-state index is 0.566. The van der Waals surface area contributed by atoms with Crippen LogP contribution in [-0.4, -0.2) is 9.97 Å². The Labute approximate surface area is 137 Å². The normalized spacial score (nSPS) is 22.6. The van der Waals surface area contributed by atoms with Gasteiger partial charge in [-0.2, -0.15) is 0 Å². The summed E-state index contributed by atoms with van der Waals surface area (Å²) < 4.78 is 0.847. The number of hydrogen-bond acceptors (Lipinski definition) is 1. The highest BCUT2D eigenvalue weighted by molar-refractivity contribution is 14.1. The lowest BCUT2D eigenvalue weighted by Gasteiger charge is -2.17. The molecule has 0 aromatic heterocycles. The summed E-state index contributed by atoms with van der Waals surface area (Å²) in [5, 5.41) is 3.58. The fourth-order valence-electron chi connectivity index (χ4n) is 2.44. The van der Waals surface area contributed by atoms with Crippen LogP contribution in [-0.2, 0) is 6.54 Å². The average Bonchev–Trinajstić information content (AvgIpc) is 2.83. The van der Waals surface area contributed by atoms with Crippen molar-refractivity contribution < 1.29 is 0 Å². The predicted molar refractivity (Wildman–Crippen MR) is 97.2 cm³/mol. The zero-order valence-electron chi connectivity index (χ0n) is 12.8. The van der Waals surface area contributed by atoms with Crippen molar-refractivity contribution in [2.24, 2.45) is 5.92 Å². The lowest BCUT2D eigenvalue weighted by atomic mass is 10.1. The van der Waals surface area contributed by atoms with Gasteiger partial charge in [0, 0.05) is 16.5 Å². The Balaban J connectivity index is 1.90. The third kappa shape index (κ3) is 4.88. The van der Waals surface area contributed by atoms with Crippen molar-refractivity contribution in [1.82, 2.24) is 5.32 Å². The number of nitrogens with one attached hydrogen (secondary N) is 1. The third-order valence-electron chi connectivity index (χ3n) is 4.24. The first-order valence-corrected chi connectivity index (χ1v) is 8.95. The van der Waals surface area contributed by atoms with Gasteiger partial charge in [-0.15, -0.1) is 0 Å². The molecule has 1 aromatic carbocycles. The zero-order valence-corrected chi connectivity index (χ0v) is 15.0. The largest absolute Gasteiger partial charge is 0.310 e. The Morgan fingerprint density at radius 1 is 1.25 bits per heavy atom. The van der Waals surface area contributed by atoms with E-state index in [2.05, 4.69) is 79.0 Å². The van der Waals surface area contributed by atoms with E-state index in [1.165, 1.54) is 30.4 Å². The van der Waals surface area contributed by atoms with Gasteiger partial charge in [0.1, 0.15) is 0 Å². The van der Waals surface area contributed by atoms with E-state index >= 15 is 0 Å². The van der Waals surface area contributed by atoms with Crippen LogP contribution in [0, 0.1) is 5.92 Å². The Hall–Kier alpha value is -0.350. The van der Waals surface area contributed by atoms with Crippen LogP contribution in [0.25, 0.3) is 6.08 Å². The van der Waals surface area contributed by atoms with Gasteiger partial charge in [-0.25, -0.2) is 0 Å². The minimum Gasteiger partial charge on any atom is -0.310 e. The number of hydrogen-bond donors (Lipinski definition) is 1. The standard InChI is InChI=1S/C18H26IN/c1-13(2)14(3)20-12-16-6-4-15(5-7-16)10-17-8-9-18(19)11-17/h4-7,10,13-14,18,20H,8-9,11-12H2,1-3H3/b17-10-/t14-,18?/m1/s1. The van der Waals surface area contributed by atoms with Gasteiger partial charge >= 0.3 is 0 Å². The van der Waals surface area contributed by atoms with E-state index < -0.39 is 0 Å². The summed E-state index contributed by atoms with van der Waals surface area (Å²) in [4.78, 5) is 0. The predicted octanol–water partition coefficient (Wildman–Crippen LogP) is 5.19. The lowest BCUT2D eigenvalue weighted by Crippen LogP contribution is -2.30. The fourth-order valence-corrected chi connectivity index (χ4v) is 3.32. The summed E-state index contributed by atoms with van der Waals surface area (Å²) in [7, 11) is 0. The maximum absolute atomic E-state index is 3.58. The second-order valence-electron chi connectivity index (χ2n) is 6.30. The zero-order chi connectivity index (χ0) is 14.5. The highest BCUT2D eigenvalue weighted by Gasteiger charge is 2.15. The maximum atomic E-state index is 3.58. The van der Waals surface area contributed by atoms with Crippen LogP contribution in [0.4, 0.5) is 0 Å². The van der Waals surface area contributed by atoms with Gasteiger partial charge in [0.25, 0.3) is 0 Å². The second-order valence-corrected chi connectivity index (χ2v) is 8.06. The highest BCUT2D eigenvalue weighted by atomic mass is 127. The van der Waals surface area contributed by atoms with E-state index in [1.807, 2.05) is 0 Å². The van der Waals surface area contributed by atoms with E-state index in [0.717, 1.165) is 10.5 Å². The van der Waals surface area contributed by atoms with E-state index in [-0.39, 0.29) is 0 Å². The molecule has 110 valence electrons. The van der Waals surface area contributed by atoms with Crippen molar-refractivity contribution in [3.8, 4) is 0 Å². The maximum Gasteiger partial charge on any atom is 0.0208 e. The first-order valence-electron chi connectivity index (χ1n) is 7.70. The van der Waals surface area contributed by atoms with Crippen LogP contribution in [0.5, 0.6) is 0 Å². The van der Waals surface area contributed by atoms with Crippen LogP contribution in [0.15, 0.2) is 29.8 Å². The fraction of sp³-hybridized carbons (Fsp3) is 0.556. The Bertz CT molecular complexity index is 447. The summed E-state index contributed by atoms with van der Waals surface area (Å²) in [5.41, 5.74) is 4.34. The summed E-state index contributed by atoms with van der Waals surface area (Å²) in [6, 6.07) is 9.58. The summed E-state index contributed by atoms with van der Waals surface area (Å²) in [6.07, 6.45) is 6.28. The van der Waals surface area contributed by atoms with Crippen molar-refractivity contribution in [2.45, 2.75) is 56.5 Å². The quantitative estimate of drug-likeness (QED) is 0.545. The van der Waals surface area contributed by atoms with E-state index in [9.17, 15) is 0 Å². The summed E-state index contributed by atoms with van der Waals surface area (Å²) >= 11 is 2.57. The van der Waals surface area contributed by atoms with Gasteiger partial charge < -0.3 is 5.32 Å². The number of alkyl halides is 1. The van der Waals surface area contributed by atoms with Crippen molar-refractivity contribution >= 4 is 28.7 Å². The molecule has 1 aliphatic carbocycles. The molecule has 1 unspecified atom stereocenters. The molecule has 0 bridgehead atoms. The second kappa shape index (κ2) is 7.60. The third-order valence-corrected chi connectivity index (χ3v) is 5.30. The summed E-state index contributed by atoms with van der Waals surface area (Å²) in [5.74, 6) is 0.683. The molecule has 2 atom stereocenters. The molecule has 1 aliphatic rings. The van der Waals surface area contributed by atoms with Gasteiger partial charge in [0.15, 0.2) is 0 Å². The van der Waals surface area contributed by atoms with E-state index in [4.69, 9.17) is 0 Å². The van der Waals surface area contributed by atoms with Crippen LogP contribution >= 0.6 is 22.6 Å². The van der Waals surface area contributed by atoms with Crippen molar-refractivity contribution in [1.29, 1.82) is 0 Å². The highest BCUT2D eigenvalue weighted by Crippen LogP contribution is 2.31. The van der Waals surface area contributed by atoms with Crippen molar-refractivity contribution in [3.05, 3.63) is 41.0 Å². The molecule has 2 heteroatoms. The van der Waals surface area contributed by atoms with Crippen LogP contribution in [0.3, 0.4) is 0 Å². The topological polar surface area (TPSA) is 12.0 Å². The number of rotatable bonds is 5. The number of allylic oxidation sites excluding steroid dienone is 1. The molecule has 1 aromatic rings. The van der Waals surface area contributed by atoms with Gasteiger partial charge in [0.05, 0.1) is 0 Å². The first kappa shape index (κ1) is 16.0. The first-order chi connectivity index (χ1) is 9.54. The molecule has 0 heterocycles. The van der Waals surface area contributed by atoms with Crippen LogP contribution < -0.4 is 5.32 Å². The number of halogens is 1. The Morgan fingerprint density at radius 2 is 1.95 bits per heavy atom. The molecule has 2 rings (SSSR count). The molecular weight excluding hydrogens is 357 g/mol. The molecule has 1 N–H and O–H groups in total. The van der Waals surface area contributed by atoms with Crippen molar-refractivity contribution in [3.63, 3.8) is 0 Å². The van der Waals surface area contributed by atoms with Crippen molar-refractivity contribution in [2.75, 3.05) is 0 Å². The molecule has 0 amide bonds. The molecule has 0 radical (unpaired) electrons. The molecule has 1 saturated carbocycles. The molecule has 0 aliphatic heterocycles. The van der Waals surface area contributed by atoms with Crippen LogP contribution in [0.1, 0.15) is 51.2 Å². The van der Waals surface area contributed by atoms with Gasteiger partial charge in [-0.05, 0) is 43.2 Å². The Morgan fingerprint density at radius 3 is 2.50 bits per heavy atom. The molecule has 20 heavy (non-hydrogen) atoms. The molecule has 1 nitrogen and oxygen atoms in total. The van der Waals surface area contributed by atoms with E-state index in [0.29, 0.717) is 12.0 Å². The smallest absolute Gasteiger partial charge is 0.0208 e. The molecule has 0 saturated heterocycles. The van der Waals surface area contributed by atoms with Gasteiger partial charge in [-0.3, -0.25) is 0 Å². The Kier molecular flexibility index (Phi) is 6.09. The van der Waals surface area contributed by atoms with Crippen LogP contribution in [0.2, 0.25) is 0 Å². The molecular formula is C18H26IN. The monoisotopic (exact) mass is 383 g/mol. The van der Waals surface area contributed by atoms with E-state index in [1.54, 1.807) is 5.57 Å².